The molecule has 2 aliphatic rings. The zero-order valence-corrected chi connectivity index (χ0v) is 14.2. The number of carbonyl (C=O) groups is 1. The topological polar surface area (TPSA) is 59.0 Å². The Hall–Kier alpha value is -2.60. The van der Waals surface area contributed by atoms with Crippen LogP contribution in [0.1, 0.15) is 30.0 Å². The van der Waals surface area contributed by atoms with E-state index >= 15 is 0 Å². The Balaban J connectivity index is 1.72. The Labute approximate surface area is 151 Å². The van der Waals surface area contributed by atoms with Gasteiger partial charge in [-0.05, 0) is 54.8 Å². The maximum atomic E-state index is 13.4. The number of hydrogen-bond donors (Lipinski definition) is 1. The van der Waals surface area contributed by atoms with Crippen LogP contribution in [0, 0.1) is 11.7 Å². The van der Waals surface area contributed by atoms with E-state index in [9.17, 15) is 14.3 Å². The molecule has 2 aromatic rings. The van der Waals surface area contributed by atoms with Crippen molar-refractivity contribution < 1.29 is 23.8 Å². The molecular weight excluding hydrogens is 337 g/mol. The molecule has 1 N–H and O–H groups in total. The van der Waals surface area contributed by atoms with Crippen molar-refractivity contribution in [2.24, 2.45) is 5.92 Å². The summed E-state index contributed by atoms with van der Waals surface area (Å²) in [6, 6.07) is 12.0. The van der Waals surface area contributed by atoms with Gasteiger partial charge in [-0.25, -0.2) is 4.39 Å². The fraction of sp³-hybridized carbons (Fsp3) is 0.350. The van der Waals surface area contributed by atoms with Gasteiger partial charge in [0.15, 0.2) is 11.5 Å². The lowest BCUT2D eigenvalue weighted by Gasteiger charge is -2.37. The van der Waals surface area contributed by atoms with E-state index in [1.807, 2.05) is 18.2 Å². The first kappa shape index (κ1) is 16.8. The molecule has 2 aliphatic heterocycles. The van der Waals surface area contributed by atoms with E-state index in [2.05, 4.69) is 4.90 Å². The summed E-state index contributed by atoms with van der Waals surface area (Å²) < 4.78 is 24.3. The number of fused-ring (bicyclic) bond motifs is 1. The molecule has 2 aromatic carbocycles. The summed E-state index contributed by atoms with van der Waals surface area (Å²) in [5.41, 5.74) is 1.91. The smallest absolute Gasteiger partial charge is 0.307 e. The van der Waals surface area contributed by atoms with Crippen molar-refractivity contribution in [1.29, 1.82) is 0 Å². The minimum absolute atomic E-state index is 0.160. The van der Waals surface area contributed by atoms with Crippen LogP contribution in [-0.2, 0) is 4.79 Å². The molecule has 0 aliphatic carbocycles. The number of likely N-dealkylation sites (tertiary alicyclic amines) is 1. The largest absolute Gasteiger partial charge is 0.481 e. The molecule has 1 saturated heterocycles. The second kappa shape index (κ2) is 6.96. The van der Waals surface area contributed by atoms with Crippen LogP contribution in [0.15, 0.2) is 42.5 Å². The Morgan fingerprint density at radius 3 is 2.62 bits per heavy atom. The average molecular weight is 357 g/mol. The Bertz CT molecular complexity index is 808. The van der Waals surface area contributed by atoms with Gasteiger partial charge in [0.25, 0.3) is 0 Å². The predicted octanol–water partition coefficient (Wildman–Crippen LogP) is 3.44. The lowest BCUT2D eigenvalue weighted by Crippen LogP contribution is -2.41. The molecule has 0 saturated carbocycles. The molecule has 0 bridgehead atoms. The van der Waals surface area contributed by atoms with Gasteiger partial charge in [0, 0.05) is 6.54 Å². The van der Waals surface area contributed by atoms with Crippen LogP contribution >= 0.6 is 0 Å². The number of piperidine rings is 1. The number of carboxylic acids is 1. The highest BCUT2D eigenvalue weighted by molar-refractivity contribution is 5.70. The van der Waals surface area contributed by atoms with E-state index in [-0.39, 0.29) is 24.6 Å². The number of hydrogen-bond acceptors (Lipinski definition) is 4. The highest BCUT2D eigenvalue weighted by atomic mass is 19.1. The molecule has 0 aromatic heterocycles. The van der Waals surface area contributed by atoms with Crippen molar-refractivity contribution in [3.8, 4) is 11.5 Å². The van der Waals surface area contributed by atoms with Gasteiger partial charge in [0.2, 0.25) is 6.79 Å². The van der Waals surface area contributed by atoms with E-state index in [4.69, 9.17) is 9.47 Å². The van der Waals surface area contributed by atoms with Crippen molar-refractivity contribution in [3.05, 3.63) is 59.4 Å². The number of halogens is 1. The summed E-state index contributed by atoms with van der Waals surface area (Å²) in [4.78, 5) is 13.6. The SMILES string of the molecule is O=C(O)C1CCCN(C(c2ccc(F)cc2)c2ccc3c(c2)OCO3)C1. The fourth-order valence-electron chi connectivity index (χ4n) is 3.78. The summed E-state index contributed by atoms with van der Waals surface area (Å²) in [6.45, 7) is 1.46. The number of ether oxygens (including phenoxy) is 2. The van der Waals surface area contributed by atoms with Crippen LogP contribution in [0.2, 0.25) is 0 Å². The molecule has 2 unspecified atom stereocenters. The van der Waals surface area contributed by atoms with Gasteiger partial charge in [-0.15, -0.1) is 0 Å². The second-order valence-corrected chi connectivity index (χ2v) is 6.74. The summed E-state index contributed by atoms with van der Waals surface area (Å²) >= 11 is 0. The van der Waals surface area contributed by atoms with E-state index in [0.29, 0.717) is 24.5 Å². The number of nitrogens with zero attached hydrogens (tertiary/aromatic N) is 1. The Morgan fingerprint density at radius 1 is 1.12 bits per heavy atom. The molecule has 1 fully saturated rings. The van der Waals surface area contributed by atoms with Crippen LogP contribution < -0.4 is 9.47 Å². The van der Waals surface area contributed by atoms with Crippen molar-refractivity contribution in [1.82, 2.24) is 4.90 Å². The quantitative estimate of drug-likeness (QED) is 0.908. The van der Waals surface area contributed by atoms with Crippen molar-refractivity contribution in [2.45, 2.75) is 18.9 Å². The van der Waals surface area contributed by atoms with Crippen LogP contribution in [0.5, 0.6) is 11.5 Å². The van der Waals surface area contributed by atoms with Gasteiger partial charge in [0.1, 0.15) is 5.82 Å². The zero-order valence-electron chi connectivity index (χ0n) is 14.2. The molecular formula is C20H20FNO4. The first-order valence-electron chi connectivity index (χ1n) is 8.73. The fourth-order valence-corrected chi connectivity index (χ4v) is 3.78. The number of carboxylic acid groups (broad SMARTS) is 1. The molecule has 4 rings (SSSR count). The first-order chi connectivity index (χ1) is 12.6. The number of benzene rings is 2. The molecule has 6 heteroatoms. The molecule has 136 valence electrons. The predicted molar refractivity (Wildman–Crippen MR) is 92.7 cm³/mol. The third-order valence-electron chi connectivity index (χ3n) is 5.07. The minimum atomic E-state index is -0.766. The first-order valence-corrected chi connectivity index (χ1v) is 8.73. The van der Waals surface area contributed by atoms with Gasteiger partial charge in [-0.2, -0.15) is 0 Å². The molecule has 0 amide bonds. The van der Waals surface area contributed by atoms with Crippen LogP contribution in [0.25, 0.3) is 0 Å². The summed E-state index contributed by atoms with van der Waals surface area (Å²) in [5.74, 6) is -0.0609. The third kappa shape index (κ3) is 3.24. The molecule has 0 radical (unpaired) electrons. The Kier molecular flexibility index (Phi) is 4.51. The van der Waals surface area contributed by atoms with Crippen molar-refractivity contribution in [3.63, 3.8) is 0 Å². The van der Waals surface area contributed by atoms with E-state index < -0.39 is 5.97 Å². The highest BCUT2D eigenvalue weighted by Gasteiger charge is 2.32. The number of aliphatic carboxylic acids is 1. The zero-order chi connectivity index (χ0) is 18.1. The van der Waals surface area contributed by atoms with E-state index in [1.54, 1.807) is 12.1 Å². The highest BCUT2D eigenvalue weighted by Crippen LogP contribution is 2.39. The van der Waals surface area contributed by atoms with E-state index in [1.165, 1.54) is 12.1 Å². The lowest BCUT2D eigenvalue weighted by molar-refractivity contribution is -0.143. The maximum Gasteiger partial charge on any atom is 0.307 e. The molecule has 0 spiro atoms. The summed E-state index contributed by atoms with van der Waals surface area (Å²) in [6.07, 6.45) is 1.50. The van der Waals surface area contributed by atoms with E-state index in [0.717, 1.165) is 24.1 Å². The maximum absolute atomic E-state index is 13.4. The van der Waals surface area contributed by atoms with Crippen LogP contribution in [0.3, 0.4) is 0 Å². The molecule has 2 atom stereocenters. The standard InChI is InChI=1S/C20H20FNO4/c21-16-6-3-13(4-7-16)19(22-9-1-2-15(11-22)20(23)24)14-5-8-17-18(10-14)26-12-25-17/h3-8,10,15,19H,1-2,9,11-12H2,(H,23,24). The van der Waals surface area contributed by atoms with Gasteiger partial charge in [-0.1, -0.05) is 18.2 Å². The monoisotopic (exact) mass is 357 g/mol. The van der Waals surface area contributed by atoms with Gasteiger partial charge in [-0.3, -0.25) is 9.69 Å². The van der Waals surface area contributed by atoms with Gasteiger partial charge in [0.05, 0.1) is 12.0 Å². The second-order valence-electron chi connectivity index (χ2n) is 6.74. The average Bonchev–Trinajstić information content (AvgIpc) is 3.12. The minimum Gasteiger partial charge on any atom is -0.481 e. The third-order valence-corrected chi connectivity index (χ3v) is 5.07. The molecule has 5 nitrogen and oxygen atoms in total. The van der Waals surface area contributed by atoms with Crippen LogP contribution in [-0.4, -0.2) is 35.9 Å². The lowest BCUT2D eigenvalue weighted by atomic mass is 9.91. The number of rotatable bonds is 4. The molecule has 2 heterocycles. The van der Waals surface area contributed by atoms with Gasteiger partial charge >= 0.3 is 5.97 Å². The summed E-state index contributed by atoms with van der Waals surface area (Å²) in [5, 5.41) is 9.43. The van der Waals surface area contributed by atoms with Gasteiger partial charge < -0.3 is 14.6 Å². The Morgan fingerprint density at radius 2 is 1.85 bits per heavy atom. The summed E-state index contributed by atoms with van der Waals surface area (Å²) in [7, 11) is 0. The van der Waals surface area contributed by atoms with Crippen molar-refractivity contribution >= 4 is 5.97 Å². The van der Waals surface area contributed by atoms with Crippen LogP contribution in [0.4, 0.5) is 4.39 Å². The van der Waals surface area contributed by atoms with Crippen molar-refractivity contribution in [2.75, 3.05) is 19.9 Å². The normalized spacial score (nSPS) is 20.7. The molecule has 26 heavy (non-hydrogen) atoms.